The van der Waals surface area contributed by atoms with E-state index >= 15 is 0 Å². The van der Waals surface area contributed by atoms with Crippen LogP contribution in [0.2, 0.25) is 0 Å². The lowest BCUT2D eigenvalue weighted by molar-refractivity contribution is -0.383. The van der Waals surface area contributed by atoms with E-state index in [-0.39, 0.29) is 16.9 Å². The Balaban J connectivity index is 2.74. The predicted octanol–water partition coefficient (Wildman–Crippen LogP) is 2.38. The SMILES string of the molecule is CC(C)CCOC(=O)c1ccc(N)c([N+](=O)[O-])c1. The quantitative estimate of drug-likeness (QED) is 0.375. The van der Waals surface area contributed by atoms with Gasteiger partial charge in [0.2, 0.25) is 0 Å². The van der Waals surface area contributed by atoms with Gasteiger partial charge in [-0.15, -0.1) is 0 Å². The number of nitrogens with two attached hydrogens (primary N) is 1. The van der Waals surface area contributed by atoms with Crippen molar-refractivity contribution >= 4 is 17.3 Å². The lowest BCUT2D eigenvalue weighted by atomic mass is 10.1. The summed E-state index contributed by atoms with van der Waals surface area (Å²) in [6.45, 7) is 4.33. The first-order chi connectivity index (χ1) is 8.41. The number of carbonyl (C=O) groups is 1. The van der Waals surface area contributed by atoms with Crippen LogP contribution >= 0.6 is 0 Å². The van der Waals surface area contributed by atoms with Crippen LogP contribution in [0.4, 0.5) is 11.4 Å². The van der Waals surface area contributed by atoms with Crippen LogP contribution in [0.1, 0.15) is 30.6 Å². The molecule has 0 heterocycles. The maximum atomic E-state index is 11.6. The molecule has 0 saturated heterocycles. The van der Waals surface area contributed by atoms with Gasteiger partial charge in [0.15, 0.2) is 0 Å². The van der Waals surface area contributed by atoms with E-state index < -0.39 is 10.9 Å². The summed E-state index contributed by atoms with van der Waals surface area (Å²) in [6, 6.07) is 3.88. The Morgan fingerprint density at radius 3 is 2.72 bits per heavy atom. The molecule has 2 N–H and O–H groups in total. The van der Waals surface area contributed by atoms with Crippen molar-refractivity contribution in [3.63, 3.8) is 0 Å². The van der Waals surface area contributed by atoms with Crippen LogP contribution in [0.15, 0.2) is 18.2 Å². The zero-order valence-corrected chi connectivity index (χ0v) is 10.4. The topological polar surface area (TPSA) is 95.5 Å². The van der Waals surface area contributed by atoms with Gasteiger partial charge in [0.1, 0.15) is 5.69 Å². The number of carbonyl (C=O) groups excluding carboxylic acids is 1. The van der Waals surface area contributed by atoms with Crippen LogP contribution in [0.25, 0.3) is 0 Å². The number of ether oxygens (including phenoxy) is 1. The second-order valence-corrected chi connectivity index (χ2v) is 4.35. The summed E-state index contributed by atoms with van der Waals surface area (Å²) in [5, 5.41) is 10.7. The molecule has 0 aliphatic carbocycles. The fraction of sp³-hybridized carbons (Fsp3) is 0.417. The second kappa shape index (κ2) is 6.00. The van der Waals surface area contributed by atoms with E-state index in [1.807, 2.05) is 13.8 Å². The molecule has 0 aromatic heterocycles. The number of hydrogen-bond donors (Lipinski definition) is 1. The summed E-state index contributed by atoms with van der Waals surface area (Å²) in [5.41, 5.74) is 5.32. The van der Waals surface area contributed by atoms with Crippen molar-refractivity contribution in [1.29, 1.82) is 0 Å². The fourth-order valence-electron chi connectivity index (χ4n) is 1.30. The summed E-state index contributed by atoms with van der Waals surface area (Å²) < 4.78 is 5.01. The molecule has 0 aliphatic rings. The van der Waals surface area contributed by atoms with Crippen molar-refractivity contribution in [3.05, 3.63) is 33.9 Å². The first kappa shape index (κ1) is 14.0. The zero-order valence-electron chi connectivity index (χ0n) is 10.4. The maximum absolute atomic E-state index is 11.6. The van der Waals surface area contributed by atoms with Gasteiger partial charge in [0, 0.05) is 6.07 Å². The lowest BCUT2D eigenvalue weighted by Crippen LogP contribution is -2.09. The molecule has 0 amide bonds. The first-order valence-corrected chi connectivity index (χ1v) is 5.63. The van der Waals surface area contributed by atoms with Gasteiger partial charge in [-0.3, -0.25) is 10.1 Å². The van der Waals surface area contributed by atoms with Crippen LogP contribution in [0, 0.1) is 16.0 Å². The van der Waals surface area contributed by atoms with E-state index in [0.29, 0.717) is 12.5 Å². The van der Waals surface area contributed by atoms with Crippen LogP contribution in [0.3, 0.4) is 0 Å². The highest BCUT2D eigenvalue weighted by Gasteiger charge is 2.16. The summed E-state index contributed by atoms with van der Waals surface area (Å²) in [7, 11) is 0. The predicted molar refractivity (Wildman–Crippen MR) is 67.2 cm³/mol. The maximum Gasteiger partial charge on any atom is 0.338 e. The summed E-state index contributed by atoms with van der Waals surface area (Å²) >= 11 is 0. The van der Waals surface area contributed by atoms with Gasteiger partial charge in [-0.25, -0.2) is 4.79 Å². The molecule has 0 saturated carbocycles. The standard InChI is InChI=1S/C12H16N2O4/c1-8(2)5-6-18-12(15)9-3-4-10(13)11(7-9)14(16)17/h3-4,7-8H,5-6,13H2,1-2H3. The third-order valence-corrected chi connectivity index (χ3v) is 2.39. The van der Waals surface area contributed by atoms with Crippen molar-refractivity contribution < 1.29 is 14.5 Å². The molecule has 6 nitrogen and oxygen atoms in total. The van der Waals surface area contributed by atoms with E-state index in [2.05, 4.69) is 0 Å². The van der Waals surface area contributed by atoms with Crippen LogP contribution in [-0.2, 0) is 4.74 Å². The third-order valence-electron chi connectivity index (χ3n) is 2.39. The van der Waals surface area contributed by atoms with Gasteiger partial charge in [-0.05, 0) is 24.5 Å². The Hall–Kier alpha value is -2.11. The molecule has 0 atom stereocenters. The highest BCUT2D eigenvalue weighted by atomic mass is 16.6. The van der Waals surface area contributed by atoms with Gasteiger partial charge >= 0.3 is 5.97 Å². The van der Waals surface area contributed by atoms with E-state index in [9.17, 15) is 14.9 Å². The number of hydrogen-bond acceptors (Lipinski definition) is 5. The average molecular weight is 252 g/mol. The molecule has 0 unspecified atom stereocenters. The van der Waals surface area contributed by atoms with E-state index in [1.165, 1.54) is 12.1 Å². The molecule has 1 aromatic carbocycles. The number of esters is 1. The Morgan fingerprint density at radius 2 is 2.17 bits per heavy atom. The normalized spacial score (nSPS) is 10.4. The second-order valence-electron chi connectivity index (χ2n) is 4.35. The molecule has 0 aliphatic heterocycles. The Labute approximate surface area is 105 Å². The van der Waals surface area contributed by atoms with E-state index in [0.717, 1.165) is 12.5 Å². The van der Waals surface area contributed by atoms with E-state index in [4.69, 9.17) is 10.5 Å². The average Bonchev–Trinajstić information content (AvgIpc) is 2.28. The van der Waals surface area contributed by atoms with Crippen molar-refractivity contribution in [1.82, 2.24) is 0 Å². The third kappa shape index (κ3) is 3.73. The minimum Gasteiger partial charge on any atom is -0.462 e. The highest BCUT2D eigenvalue weighted by Crippen LogP contribution is 2.22. The van der Waals surface area contributed by atoms with Crippen LogP contribution < -0.4 is 5.73 Å². The molecular formula is C12H16N2O4. The lowest BCUT2D eigenvalue weighted by Gasteiger charge is -2.07. The molecule has 98 valence electrons. The van der Waals surface area contributed by atoms with Crippen LogP contribution in [0.5, 0.6) is 0 Å². The summed E-state index contributed by atoms with van der Waals surface area (Å²) in [5.74, 6) is -0.141. The number of nitrogen functional groups attached to an aromatic ring is 1. The Bertz CT molecular complexity index is 457. The van der Waals surface area contributed by atoms with Crippen molar-refractivity contribution in [2.45, 2.75) is 20.3 Å². The minimum absolute atomic E-state index is 0.0266. The summed E-state index contributed by atoms with van der Waals surface area (Å²) in [4.78, 5) is 21.7. The van der Waals surface area contributed by atoms with Crippen molar-refractivity contribution in [2.24, 2.45) is 5.92 Å². The molecule has 6 heteroatoms. The fourth-order valence-corrected chi connectivity index (χ4v) is 1.30. The smallest absolute Gasteiger partial charge is 0.338 e. The van der Waals surface area contributed by atoms with Crippen LogP contribution in [-0.4, -0.2) is 17.5 Å². The van der Waals surface area contributed by atoms with E-state index in [1.54, 1.807) is 0 Å². The minimum atomic E-state index is -0.625. The van der Waals surface area contributed by atoms with Gasteiger partial charge in [-0.1, -0.05) is 13.8 Å². The number of anilines is 1. The molecule has 18 heavy (non-hydrogen) atoms. The number of nitro groups is 1. The molecular weight excluding hydrogens is 236 g/mol. The number of rotatable bonds is 5. The number of nitro benzene ring substituents is 1. The molecule has 0 radical (unpaired) electrons. The van der Waals surface area contributed by atoms with Crippen molar-refractivity contribution in [2.75, 3.05) is 12.3 Å². The van der Waals surface area contributed by atoms with Gasteiger partial charge in [0.05, 0.1) is 17.1 Å². The Kier molecular flexibility index (Phi) is 4.65. The molecule has 1 rings (SSSR count). The van der Waals surface area contributed by atoms with Crippen molar-refractivity contribution in [3.8, 4) is 0 Å². The highest BCUT2D eigenvalue weighted by molar-refractivity contribution is 5.91. The zero-order chi connectivity index (χ0) is 13.7. The number of benzene rings is 1. The van der Waals surface area contributed by atoms with Gasteiger partial charge in [-0.2, -0.15) is 0 Å². The Morgan fingerprint density at radius 1 is 1.50 bits per heavy atom. The molecule has 1 aromatic rings. The first-order valence-electron chi connectivity index (χ1n) is 5.63. The summed E-state index contributed by atoms with van der Waals surface area (Å²) in [6.07, 6.45) is 0.753. The molecule has 0 fully saturated rings. The largest absolute Gasteiger partial charge is 0.462 e. The monoisotopic (exact) mass is 252 g/mol. The number of nitrogens with zero attached hydrogens (tertiary/aromatic N) is 1. The van der Waals surface area contributed by atoms with Gasteiger partial charge in [0.25, 0.3) is 5.69 Å². The molecule has 0 bridgehead atoms. The van der Waals surface area contributed by atoms with Gasteiger partial charge < -0.3 is 10.5 Å². The molecule has 0 spiro atoms.